The SMILES string of the molecule is CC(C)(C)OC(=O)NOc1cc2c(c3ccccc13)CCN2C(=O)c1cc2cc(NC(=O)c3cc4ccccc4[nH]3)ccc2[nH]1.CCl. The third-order valence-electron chi connectivity index (χ3n) is 7.74. The molecular weight excluding hydrogens is 618 g/mol. The molecule has 240 valence electrons. The van der Waals surface area contributed by atoms with E-state index in [4.69, 9.17) is 9.57 Å². The summed E-state index contributed by atoms with van der Waals surface area (Å²) in [4.78, 5) is 52.9. The number of aromatic amines is 2. The summed E-state index contributed by atoms with van der Waals surface area (Å²) in [7, 11) is 0. The van der Waals surface area contributed by atoms with Crippen molar-refractivity contribution in [2.75, 3.05) is 23.1 Å². The fraction of sp³-hybridized carbons (Fsp3) is 0.194. The van der Waals surface area contributed by atoms with Crippen LogP contribution in [0.3, 0.4) is 0 Å². The molecule has 0 saturated heterocycles. The summed E-state index contributed by atoms with van der Waals surface area (Å²) in [6.45, 7) is 5.80. The zero-order valence-corrected chi connectivity index (χ0v) is 27.1. The summed E-state index contributed by atoms with van der Waals surface area (Å²) >= 11 is 4.64. The molecule has 7 rings (SSSR count). The number of carbonyl (C=O) groups excluding carboxylic acids is 3. The van der Waals surface area contributed by atoms with Gasteiger partial charge in [-0.25, -0.2) is 4.79 Å². The van der Waals surface area contributed by atoms with Crippen LogP contribution in [0.4, 0.5) is 16.2 Å². The first-order valence-electron chi connectivity index (χ1n) is 15.0. The summed E-state index contributed by atoms with van der Waals surface area (Å²) in [5, 5.41) is 6.45. The number of anilines is 2. The summed E-state index contributed by atoms with van der Waals surface area (Å²) in [5.74, 6) is -0.0469. The molecule has 47 heavy (non-hydrogen) atoms. The van der Waals surface area contributed by atoms with Crippen LogP contribution in [0.5, 0.6) is 5.75 Å². The number of nitrogens with zero attached hydrogens (tertiary/aromatic N) is 1. The van der Waals surface area contributed by atoms with E-state index in [9.17, 15) is 14.4 Å². The Bertz CT molecular complexity index is 2110. The standard InChI is InChI=1S/C35H31N5O5.CH3Cl/c1-35(2,3)44-34(43)39-45-31-19-30-24(23-9-5-6-10-25(23)31)14-15-40(30)33(42)29-18-21-16-22(12-13-27(21)38-29)36-32(41)28-17-20-8-4-7-11-26(20)37-28;1-2/h4-13,16-19,37-38H,14-15H2,1-3H3,(H,36,41)(H,39,43);1H3. The van der Waals surface area contributed by atoms with Crippen molar-refractivity contribution >= 4 is 73.5 Å². The number of ether oxygens (including phenoxy) is 1. The molecule has 1 aliphatic rings. The molecule has 6 aromatic rings. The molecule has 0 spiro atoms. The largest absolute Gasteiger partial charge is 0.442 e. The molecule has 3 amide bonds. The van der Waals surface area contributed by atoms with Crippen molar-refractivity contribution < 1.29 is 24.0 Å². The van der Waals surface area contributed by atoms with Gasteiger partial charge in [-0.2, -0.15) is 5.48 Å². The lowest BCUT2D eigenvalue weighted by atomic mass is 10.0. The molecule has 0 radical (unpaired) electrons. The van der Waals surface area contributed by atoms with Gasteiger partial charge in [0, 0.05) is 51.9 Å². The van der Waals surface area contributed by atoms with Crippen LogP contribution in [0.25, 0.3) is 32.6 Å². The molecule has 0 aliphatic carbocycles. The number of rotatable bonds is 5. The van der Waals surface area contributed by atoms with Crippen molar-refractivity contribution in [1.82, 2.24) is 15.4 Å². The number of hydrogen-bond acceptors (Lipinski definition) is 5. The highest BCUT2D eigenvalue weighted by atomic mass is 35.5. The molecule has 0 unspecified atom stereocenters. The van der Waals surface area contributed by atoms with Crippen molar-refractivity contribution in [1.29, 1.82) is 0 Å². The second kappa shape index (κ2) is 12.7. The van der Waals surface area contributed by atoms with Gasteiger partial charge in [0.2, 0.25) is 0 Å². The minimum absolute atomic E-state index is 0.199. The normalized spacial score (nSPS) is 12.4. The number of amides is 3. The van der Waals surface area contributed by atoms with Gasteiger partial charge in [0.15, 0.2) is 5.75 Å². The van der Waals surface area contributed by atoms with E-state index in [1.54, 1.807) is 43.9 Å². The first-order valence-corrected chi connectivity index (χ1v) is 15.8. The Balaban J connectivity index is 0.00000190. The van der Waals surface area contributed by atoms with E-state index in [1.165, 1.54) is 6.38 Å². The molecule has 1 aliphatic heterocycles. The second-order valence-electron chi connectivity index (χ2n) is 12.0. The lowest BCUT2D eigenvalue weighted by Crippen LogP contribution is -2.34. The molecule has 11 heteroatoms. The minimum Gasteiger partial charge on any atom is -0.442 e. The third kappa shape index (κ3) is 6.45. The predicted molar refractivity (Wildman–Crippen MR) is 186 cm³/mol. The number of halogens is 1. The molecule has 0 saturated carbocycles. The highest BCUT2D eigenvalue weighted by Gasteiger charge is 2.30. The predicted octanol–water partition coefficient (Wildman–Crippen LogP) is 7.93. The molecular formula is C36H34ClN5O5. The van der Waals surface area contributed by atoms with Crippen LogP contribution in [-0.2, 0) is 11.2 Å². The minimum atomic E-state index is -0.713. The average Bonchev–Trinajstić information content (AvgIpc) is 3.80. The van der Waals surface area contributed by atoms with Gasteiger partial charge in [-0.1, -0.05) is 42.5 Å². The summed E-state index contributed by atoms with van der Waals surface area (Å²) < 4.78 is 5.31. The number of alkyl halides is 1. The summed E-state index contributed by atoms with van der Waals surface area (Å²) in [6.07, 6.45) is 1.43. The Kier molecular flexibility index (Phi) is 8.53. The molecule has 0 atom stereocenters. The van der Waals surface area contributed by atoms with Crippen molar-refractivity contribution in [3.63, 3.8) is 0 Å². The van der Waals surface area contributed by atoms with E-state index in [0.717, 1.165) is 38.1 Å². The molecule has 10 nitrogen and oxygen atoms in total. The topological polar surface area (TPSA) is 129 Å². The Morgan fingerprint density at radius 1 is 0.809 bits per heavy atom. The number of H-pyrrole nitrogens is 2. The Hall–Kier alpha value is -5.48. The lowest BCUT2D eigenvalue weighted by molar-refractivity contribution is 0.0290. The number of hydroxylamine groups is 1. The van der Waals surface area contributed by atoms with Gasteiger partial charge in [0.05, 0.1) is 5.69 Å². The first-order chi connectivity index (χ1) is 22.6. The van der Waals surface area contributed by atoms with Gasteiger partial charge >= 0.3 is 6.09 Å². The summed E-state index contributed by atoms with van der Waals surface area (Å²) in [5.41, 5.74) is 6.58. The van der Waals surface area contributed by atoms with Gasteiger partial charge in [0.25, 0.3) is 11.8 Å². The van der Waals surface area contributed by atoms with Crippen molar-refractivity contribution in [3.8, 4) is 5.75 Å². The highest BCUT2D eigenvalue weighted by molar-refractivity contribution is 6.15. The Labute approximate surface area is 275 Å². The van der Waals surface area contributed by atoms with E-state index >= 15 is 0 Å². The third-order valence-corrected chi connectivity index (χ3v) is 7.74. The molecule has 4 N–H and O–H groups in total. The number of benzene rings is 4. The maximum atomic E-state index is 13.9. The van der Waals surface area contributed by atoms with Crippen LogP contribution in [0.1, 0.15) is 47.3 Å². The Morgan fingerprint density at radius 2 is 1.49 bits per heavy atom. The van der Waals surface area contributed by atoms with Crippen molar-refractivity contribution in [3.05, 3.63) is 102 Å². The van der Waals surface area contributed by atoms with Gasteiger partial charge in [-0.05, 0) is 74.5 Å². The molecule has 3 heterocycles. The summed E-state index contributed by atoms with van der Waals surface area (Å²) in [6, 6.07) is 26.3. The van der Waals surface area contributed by atoms with E-state index in [0.29, 0.717) is 41.5 Å². The van der Waals surface area contributed by atoms with Gasteiger partial charge in [0.1, 0.15) is 17.0 Å². The Morgan fingerprint density at radius 3 is 2.26 bits per heavy atom. The number of para-hydroxylation sites is 1. The lowest BCUT2D eigenvalue weighted by Gasteiger charge is -2.21. The van der Waals surface area contributed by atoms with Crippen LogP contribution in [-0.4, -0.2) is 46.4 Å². The molecule has 0 fully saturated rings. The first kappa shape index (κ1) is 31.5. The highest BCUT2D eigenvalue weighted by Crippen LogP contribution is 2.40. The van der Waals surface area contributed by atoms with Crippen LogP contribution in [0, 0.1) is 0 Å². The van der Waals surface area contributed by atoms with E-state index in [1.807, 2.05) is 66.7 Å². The molecule has 2 aromatic heterocycles. The van der Waals surface area contributed by atoms with Crippen LogP contribution in [0.2, 0.25) is 0 Å². The van der Waals surface area contributed by atoms with Crippen LogP contribution < -0.4 is 20.5 Å². The quantitative estimate of drug-likeness (QED) is 0.111. The van der Waals surface area contributed by atoms with Crippen LogP contribution in [0.15, 0.2) is 84.9 Å². The maximum absolute atomic E-state index is 13.9. The van der Waals surface area contributed by atoms with Crippen LogP contribution >= 0.6 is 11.6 Å². The number of nitrogens with one attached hydrogen (secondary N) is 4. The van der Waals surface area contributed by atoms with Gasteiger partial charge in [-0.15, -0.1) is 11.6 Å². The monoisotopic (exact) mass is 651 g/mol. The van der Waals surface area contributed by atoms with Gasteiger partial charge < -0.3 is 29.8 Å². The smallest absolute Gasteiger partial charge is 0.441 e. The zero-order valence-electron chi connectivity index (χ0n) is 26.4. The molecule has 4 aromatic carbocycles. The van der Waals surface area contributed by atoms with Crippen molar-refractivity contribution in [2.24, 2.45) is 0 Å². The van der Waals surface area contributed by atoms with E-state index < -0.39 is 11.7 Å². The molecule has 0 bridgehead atoms. The fourth-order valence-corrected chi connectivity index (χ4v) is 5.79. The fourth-order valence-electron chi connectivity index (χ4n) is 5.79. The van der Waals surface area contributed by atoms with Crippen molar-refractivity contribution in [2.45, 2.75) is 32.8 Å². The van der Waals surface area contributed by atoms with E-state index in [2.05, 4.69) is 32.4 Å². The average molecular weight is 652 g/mol. The van der Waals surface area contributed by atoms with Gasteiger partial charge in [-0.3, -0.25) is 9.59 Å². The number of hydrogen-bond donors (Lipinski definition) is 4. The maximum Gasteiger partial charge on any atom is 0.441 e. The number of aromatic nitrogens is 2. The second-order valence-corrected chi connectivity index (χ2v) is 12.0. The number of fused-ring (bicyclic) bond motifs is 5. The number of carbonyl (C=O) groups is 3. The van der Waals surface area contributed by atoms with E-state index in [-0.39, 0.29) is 11.8 Å². The zero-order chi connectivity index (χ0) is 33.3.